The van der Waals surface area contributed by atoms with E-state index >= 15 is 0 Å². The lowest BCUT2D eigenvalue weighted by Crippen LogP contribution is -2.33. The van der Waals surface area contributed by atoms with E-state index in [4.69, 9.17) is 5.84 Å². The van der Waals surface area contributed by atoms with Gasteiger partial charge in [-0.2, -0.15) is 0 Å². The van der Waals surface area contributed by atoms with Crippen LogP contribution in [0, 0.1) is 5.92 Å². The highest BCUT2D eigenvalue weighted by molar-refractivity contribution is 5.80. The Hall–Kier alpha value is -1.10. The third kappa shape index (κ3) is 3.51. The second-order valence-electron chi connectivity index (χ2n) is 3.88. The van der Waals surface area contributed by atoms with Gasteiger partial charge < -0.3 is 5.32 Å². The second kappa shape index (κ2) is 5.70. The van der Waals surface area contributed by atoms with Crippen molar-refractivity contribution < 1.29 is 9.59 Å². The summed E-state index contributed by atoms with van der Waals surface area (Å²) in [6.07, 6.45) is 3.62. The summed E-state index contributed by atoms with van der Waals surface area (Å²) in [6, 6.07) is 0. The average Bonchev–Trinajstić information content (AvgIpc) is 2.80. The Kier molecular flexibility index (Phi) is 4.55. The van der Waals surface area contributed by atoms with Gasteiger partial charge >= 0.3 is 0 Å². The van der Waals surface area contributed by atoms with Crippen LogP contribution >= 0.6 is 0 Å². The fraction of sp³-hybridized carbons (Fsp3) is 0.800. The SMILES string of the molecule is CCC1CCN(N)C1=O.O=C1CCCN1. The number of carbonyl (C=O) groups excluding carboxylic acids is 2. The molecule has 1 atom stereocenters. The molecule has 2 rings (SSSR count). The molecule has 0 aromatic rings. The van der Waals surface area contributed by atoms with Crippen molar-refractivity contribution in [2.24, 2.45) is 11.8 Å². The standard InChI is InChI=1S/C6H12N2O.C4H7NO/c1-2-5-3-4-8(7)6(5)9;6-4-2-1-3-5-4/h5H,2-4,7H2,1H3;1-3H2,(H,5,6). The van der Waals surface area contributed by atoms with Crippen LogP contribution in [0.25, 0.3) is 0 Å². The number of nitrogens with two attached hydrogens (primary N) is 1. The van der Waals surface area contributed by atoms with Gasteiger partial charge in [-0.1, -0.05) is 6.92 Å². The van der Waals surface area contributed by atoms with E-state index in [1.165, 1.54) is 5.01 Å². The van der Waals surface area contributed by atoms with Gasteiger partial charge in [-0.3, -0.25) is 14.6 Å². The summed E-state index contributed by atoms with van der Waals surface area (Å²) in [7, 11) is 0. The van der Waals surface area contributed by atoms with E-state index in [2.05, 4.69) is 5.32 Å². The molecular formula is C10H19N3O2. The van der Waals surface area contributed by atoms with Crippen LogP contribution in [0.4, 0.5) is 0 Å². The lowest BCUT2D eigenvalue weighted by atomic mass is 10.1. The van der Waals surface area contributed by atoms with Crippen LogP contribution in [0.2, 0.25) is 0 Å². The molecular weight excluding hydrogens is 194 g/mol. The number of nitrogens with zero attached hydrogens (tertiary/aromatic N) is 1. The summed E-state index contributed by atoms with van der Waals surface area (Å²) < 4.78 is 0. The Morgan fingerprint density at radius 3 is 2.47 bits per heavy atom. The topological polar surface area (TPSA) is 75.4 Å². The molecule has 2 amide bonds. The van der Waals surface area contributed by atoms with Crippen molar-refractivity contribution in [1.82, 2.24) is 10.3 Å². The van der Waals surface area contributed by atoms with Gasteiger partial charge in [0.25, 0.3) is 0 Å². The third-order valence-corrected chi connectivity index (χ3v) is 2.75. The molecule has 2 heterocycles. The molecule has 0 spiro atoms. The minimum atomic E-state index is 0.109. The van der Waals surface area contributed by atoms with Crippen molar-refractivity contribution >= 4 is 11.8 Å². The lowest BCUT2D eigenvalue weighted by Gasteiger charge is -2.06. The Balaban J connectivity index is 0.000000162. The molecule has 3 N–H and O–H groups in total. The molecule has 0 radical (unpaired) electrons. The number of carbonyl (C=O) groups is 2. The molecule has 0 aromatic heterocycles. The minimum absolute atomic E-state index is 0.109. The van der Waals surface area contributed by atoms with Crippen molar-refractivity contribution in [3.8, 4) is 0 Å². The first-order chi connectivity index (χ1) is 7.15. The number of hydrogen-bond acceptors (Lipinski definition) is 3. The van der Waals surface area contributed by atoms with Crippen LogP contribution in [0.15, 0.2) is 0 Å². The number of rotatable bonds is 1. The predicted octanol–water partition coefficient (Wildman–Crippen LogP) is 0.0150. The smallest absolute Gasteiger partial charge is 0.239 e. The summed E-state index contributed by atoms with van der Waals surface area (Å²) in [5, 5.41) is 3.99. The monoisotopic (exact) mass is 213 g/mol. The molecule has 2 aliphatic rings. The lowest BCUT2D eigenvalue weighted by molar-refractivity contribution is -0.131. The highest BCUT2D eigenvalue weighted by Crippen LogP contribution is 2.17. The number of nitrogens with one attached hydrogen (secondary N) is 1. The Morgan fingerprint density at radius 2 is 2.27 bits per heavy atom. The van der Waals surface area contributed by atoms with E-state index in [-0.39, 0.29) is 17.7 Å². The first-order valence-corrected chi connectivity index (χ1v) is 5.48. The zero-order valence-electron chi connectivity index (χ0n) is 9.16. The maximum absolute atomic E-state index is 10.9. The Labute approximate surface area is 90.0 Å². The Bertz CT molecular complexity index is 235. The average molecular weight is 213 g/mol. The molecule has 0 aliphatic carbocycles. The van der Waals surface area contributed by atoms with Crippen LogP contribution in [0.3, 0.4) is 0 Å². The largest absolute Gasteiger partial charge is 0.356 e. The van der Waals surface area contributed by atoms with Crippen LogP contribution in [0.5, 0.6) is 0 Å². The van der Waals surface area contributed by atoms with Crippen molar-refractivity contribution in [3.63, 3.8) is 0 Å². The molecule has 2 saturated heterocycles. The molecule has 0 saturated carbocycles. The van der Waals surface area contributed by atoms with Crippen LogP contribution in [0.1, 0.15) is 32.6 Å². The molecule has 2 aliphatic heterocycles. The second-order valence-corrected chi connectivity index (χ2v) is 3.88. The molecule has 5 heteroatoms. The van der Waals surface area contributed by atoms with Gasteiger partial charge in [0.15, 0.2) is 0 Å². The van der Waals surface area contributed by atoms with E-state index in [1.54, 1.807) is 0 Å². The summed E-state index contributed by atoms with van der Waals surface area (Å²) in [4.78, 5) is 21.1. The van der Waals surface area contributed by atoms with Crippen molar-refractivity contribution in [2.75, 3.05) is 13.1 Å². The van der Waals surface area contributed by atoms with Gasteiger partial charge in [0.1, 0.15) is 0 Å². The van der Waals surface area contributed by atoms with E-state index in [1.807, 2.05) is 6.92 Å². The van der Waals surface area contributed by atoms with Gasteiger partial charge in [0.2, 0.25) is 11.8 Å². The highest BCUT2D eigenvalue weighted by Gasteiger charge is 2.27. The van der Waals surface area contributed by atoms with Crippen LogP contribution in [-0.4, -0.2) is 29.9 Å². The first-order valence-electron chi connectivity index (χ1n) is 5.48. The summed E-state index contributed by atoms with van der Waals surface area (Å²) in [5.74, 6) is 5.84. The molecule has 0 aromatic carbocycles. The molecule has 86 valence electrons. The maximum atomic E-state index is 10.9. The van der Waals surface area contributed by atoms with Crippen molar-refractivity contribution in [2.45, 2.75) is 32.6 Å². The van der Waals surface area contributed by atoms with Crippen molar-refractivity contribution in [3.05, 3.63) is 0 Å². The zero-order valence-corrected chi connectivity index (χ0v) is 9.16. The Morgan fingerprint density at radius 1 is 1.53 bits per heavy atom. The van der Waals surface area contributed by atoms with Gasteiger partial charge in [0, 0.05) is 25.4 Å². The fourth-order valence-corrected chi connectivity index (χ4v) is 1.71. The number of hydrazine groups is 1. The van der Waals surface area contributed by atoms with Gasteiger partial charge in [-0.15, -0.1) is 0 Å². The molecule has 2 fully saturated rings. The highest BCUT2D eigenvalue weighted by atomic mass is 16.2. The van der Waals surface area contributed by atoms with Gasteiger partial charge in [0.05, 0.1) is 0 Å². The molecule has 15 heavy (non-hydrogen) atoms. The van der Waals surface area contributed by atoms with E-state index in [0.717, 1.165) is 38.8 Å². The van der Waals surface area contributed by atoms with Crippen LogP contribution < -0.4 is 11.2 Å². The molecule has 5 nitrogen and oxygen atoms in total. The van der Waals surface area contributed by atoms with Crippen molar-refractivity contribution in [1.29, 1.82) is 0 Å². The molecule has 1 unspecified atom stereocenters. The van der Waals surface area contributed by atoms with E-state index in [0.29, 0.717) is 0 Å². The quantitative estimate of drug-likeness (QED) is 0.476. The normalized spacial score (nSPS) is 24.9. The summed E-state index contributed by atoms with van der Waals surface area (Å²) in [6.45, 7) is 3.64. The maximum Gasteiger partial charge on any atom is 0.239 e. The summed E-state index contributed by atoms with van der Waals surface area (Å²) in [5.41, 5.74) is 0. The zero-order chi connectivity index (χ0) is 11.3. The van der Waals surface area contributed by atoms with Crippen LogP contribution in [-0.2, 0) is 9.59 Å². The number of amides is 2. The predicted molar refractivity (Wildman–Crippen MR) is 56.5 cm³/mol. The van der Waals surface area contributed by atoms with Gasteiger partial charge in [-0.25, -0.2) is 5.84 Å². The van der Waals surface area contributed by atoms with E-state index in [9.17, 15) is 9.59 Å². The van der Waals surface area contributed by atoms with E-state index < -0.39 is 0 Å². The fourth-order valence-electron chi connectivity index (χ4n) is 1.71. The summed E-state index contributed by atoms with van der Waals surface area (Å²) >= 11 is 0. The number of hydrogen-bond donors (Lipinski definition) is 2. The van der Waals surface area contributed by atoms with Gasteiger partial charge in [-0.05, 0) is 19.3 Å². The first kappa shape index (κ1) is 12.0. The molecule has 0 bridgehead atoms. The minimum Gasteiger partial charge on any atom is -0.356 e. The third-order valence-electron chi connectivity index (χ3n) is 2.75.